The molecule has 0 aromatic carbocycles. The molecule has 0 radical (unpaired) electrons. The monoisotopic (exact) mass is 341 g/mol. The van der Waals surface area contributed by atoms with Crippen molar-refractivity contribution in [2.45, 2.75) is 45.1 Å². The van der Waals surface area contributed by atoms with Crippen molar-refractivity contribution >= 4 is 12.0 Å². The molecule has 1 saturated carbocycles. The minimum absolute atomic E-state index is 0.0234. The molecule has 0 aromatic rings. The predicted molar refractivity (Wildman–Crippen MR) is 91.0 cm³/mol. The highest BCUT2D eigenvalue weighted by atomic mass is 16.5. The SMILES string of the molecule is CN(CC(=O)O)CC1CN(C(=O)NCC2(C)CCCCC2)CCO1. The van der Waals surface area contributed by atoms with Gasteiger partial charge in [0.05, 0.1) is 19.3 Å². The minimum Gasteiger partial charge on any atom is -0.480 e. The lowest BCUT2D eigenvalue weighted by Gasteiger charge is -2.37. The summed E-state index contributed by atoms with van der Waals surface area (Å²) in [5.74, 6) is -0.858. The standard InChI is InChI=1S/C17H31N3O4/c1-17(6-4-3-5-7-17)13-18-16(23)20-8-9-24-14(11-20)10-19(2)12-15(21)22/h14H,3-13H2,1-2H3,(H,18,23)(H,21,22). The lowest BCUT2D eigenvalue weighted by molar-refractivity contribution is -0.138. The Bertz CT molecular complexity index is 438. The molecule has 2 aliphatic rings. The molecule has 7 heteroatoms. The first-order valence-corrected chi connectivity index (χ1v) is 8.93. The second-order valence-electron chi connectivity index (χ2n) is 7.56. The van der Waals surface area contributed by atoms with Crippen molar-refractivity contribution in [1.82, 2.24) is 15.1 Å². The summed E-state index contributed by atoms with van der Waals surface area (Å²) in [5, 5.41) is 11.9. The Morgan fingerprint density at radius 1 is 1.33 bits per heavy atom. The summed E-state index contributed by atoms with van der Waals surface area (Å²) in [6.45, 7) is 5.06. The van der Waals surface area contributed by atoms with E-state index in [1.54, 1.807) is 16.8 Å². The van der Waals surface area contributed by atoms with Gasteiger partial charge in [0.15, 0.2) is 0 Å². The maximum absolute atomic E-state index is 12.4. The van der Waals surface area contributed by atoms with Gasteiger partial charge in [0.25, 0.3) is 0 Å². The third-order valence-electron chi connectivity index (χ3n) is 5.07. The molecule has 138 valence electrons. The van der Waals surface area contributed by atoms with Crippen LogP contribution in [0.3, 0.4) is 0 Å². The number of nitrogens with zero attached hydrogens (tertiary/aromatic N) is 2. The van der Waals surface area contributed by atoms with Crippen LogP contribution < -0.4 is 5.32 Å². The number of ether oxygens (including phenoxy) is 1. The van der Waals surface area contributed by atoms with Crippen LogP contribution in [-0.4, -0.2) is 79.4 Å². The largest absolute Gasteiger partial charge is 0.480 e. The molecule has 2 amide bonds. The highest BCUT2D eigenvalue weighted by molar-refractivity contribution is 5.74. The van der Waals surface area contributed by atoms with E-state index in [1.165, 1.54) is 32.1 Å². The first-order chi connectivity index (χ1) is 11.4. The maximum Gasteiger partial charge on any atom is 0.317 e. The number of hydrogen-bond acceptors (Lipinski definition) is 4. The van der Waals surface area contributed by atoms with Gasteiger partial charge in [-0.2, -0.15) is 0 Å². The molecule has 24 heavy (non-hydrogen) atoms. The molecule has 0 bridgehead atoms. The molecule has 0 spiro atoms. The summed E-state index contributed by atoms with van der Waals surface area (Å²) in [6.07, 6.45) is 6.03. The van der Waals surface area contributed by atoms with E-state index >= 15 is 0 Å². The van der Waals surface area contributed by atoms with Crippen molar-refractivity contribution in [2.24, 2.45) is 5.41 Å². The van der Waals surface area contributed by atoms with Gasteiger partial charge in [0.1, 0.15) is 0 Å². The van der Waals surface area contributed by atoms with Gasteiger partial charge in [-0.1, -0.05) is 26.2 Å². The van der Waals surface area contributed by atoms with Crippen molar-refractivity contribution < 1.29 is 19.4 Å². The van der Waals surface area contributed by atoms with Crippen LogP contribution in [0.1, 0.15) is 39.0 Å². The number of amides is 2. The van der Waals surface area contributed by atoms with Gasteiger partial charge in [0, 0.05) is 26.2 Å². The van der Waals surface area contributed by atoms with Crippen LogP contribution >= 0.6 is 0 Å². The number of rotatable bonds is 6. The fourth-order valence-electron chi connectivity index (χ4n) is 3.64. The van der Waals surface area contributed by atoms with Crippen molar-refractivity contribution in [3.63, 3.8) is 0 Å². The van der Waals surface area contributed by atoms with Crippen LogP contribution in [0.15, 0.2) is 0 Å². The van der Waals surface area contributed by atoms with Crippen LogP contribution in [-0.2, 0) is 9.53 Å². The van der Waals surface area contributed by atoms with Gasteiger partial charge in [-0.3, -0.25) is 9.69 Å². The lowest BCUT2D eigenvalue weighted by atomic mass is 9.76. The second kappa shape index (κ2) is 8.67. The van der Waals surface area contributed by atoms with Crippen molar-refractivity contribution in [1.29, 1.82) is 0 Å². The average Bonchev–Trinajstić information content (AvgIpc) is 2.53. The van der Waals surface area contributed by atoms with Crippen LogP contribution in [0.25, 0.3) is 0 Å². The molecule has 1 heterocycles. The number of carbonyl (C=O) groups is 2. The van der Waals surface area contributed by atoms with Gasteiger partial charge in [-0.15, -0.1) is 0 Å². The van der Waals surface area contributed by atoms with E-state index in [9.17, 15) is 9.59 Å². The fourth-order valence-corrected chi connectivity index (χ4v) is 3.64. The molecule has 0 aromatic heterocycles. The number of carbonyl (C=O) groups excluding carboxylic acids is 1. The first kappa shape index (κ1) is 19.0. The van der Waals surface area contributed by atoms with Crippen LogP contribution in [0.4, 0.5) is 4.79 Å². The van der Waals surface area contributed by atoms with Crippen LogP contribution in [0, 0.1) is 5.41 Å². The molecule has 2 fully saturated rings. The molecule has 1 unspecified atom stereocenters. The molecular weight excluding hydrogens is 310 g/mol. The summed E-state index contributed by atoms with van der Waals surface area (Å²) in [7, 11) is 1.75. The molecular formula is C17H31N3O4. The normalized spacial score (nSPS) is 24.0. The molecule has 2 rings (SSSR count). The molecule has 1 saturated heterocycles. The third-order valence-corrected chi connectivity index (χ3v) is 5.07. The molecule has 1 aliphatic heterocycles. The van der Waals surface area contributed by atoms with Gasteiger partial charge in [0.2, 0.25) is 0 Å². The number of urea groups is 1. The van der Waals surface area contributed by atoms with Crippen molar-refractivity contribution in [2.75, 3.05) is 46.4 Å². The number of aliphatic carboxylic acids is 1. The Hall–Kier alpha value is -1.34. The number of carboxylic acid groups (broad SMARTS) is 1. The van der Waals surface area contributed by atoms with E-state index in [2.05, 4.69) is 12.2 Å². The zero-order chi connectivity index (χ0) is 17.6. The lowest BCUT2D eigenvalue weighted by Crippen LogP contribution is -2.53. The van der Waals surface area contributed by atoms with E-state index in [1.807, 2.05) is 0 Å². The maximum atomic E-state index is 12.4. The molecule has 7 nitrogen and oxygen atoms in total. The van der Waals surface area contributed by atoms with E-state index in [4.69, 9.17) is 9.84 Å². The Morgan fingerprint density at radius 2 is 2.04 bits per heavy atom. The predicted octanol–water partition coefficient (Wildman–Crippen LogP) is 1.38. The molecule has 2 N–H and O–H groups in total. The number of likely N-dealkylation sites (N-methyl/N-ethyl adjacent to an activating group) is 1. The van der Waals surface area contributed by atoms with Gasteiger partial charge in [-0.05, 0) is 25.3 Å². The van der Waals surface area contributed by atoms with E-state index in [0.717, 1.165) is 6.54 Å². The average molecular weight is 341 g/mol. The van der Waals surface area contributed by atoms with Crippen LogP contribution in [0.2, 0.25) is 0 Å². The first-order valence-electron chi connectivity index (χ1n) is 8.93. The molecule has 1 atom stereocenters. The van der Waals surface area contributed by atoms with E-state index in [-0.39, 0.29) is 24.1 Å². The Morgan fingerprint density at radius 3 is 2.71 bits per heavy atom. The topological polar surface area (TPSA) is 82.1 Å². The van der Waals surface area contributed by atoms with Gasteiger partial charge in [-0.25, -0.2) is 4.79 Å². The highest BCUT2D eigenvalue weighted by Gasteiger charge is 2.30. The van der Waals surface area contributed by atoms with Crippen LogP contribution in [0.5, 0.6) is 0 Å². The summed E-state index contributed by atoms with van der Waals surface area (Å²) < 4.78 is 5.67. The number of morpholine rings is 1. The molecule has 1 aliphatic carbocycles. The quantitative estimate of drug-likeness (QED) is 0.763. The summed E-state index contributed by atoms with van der Waals surface area (Å²) in [4.78, 5) is 26.7. The Labute approximate surface area is 144 Å². The summed E-state index contributed by atoms with van der Waals surface area (Å²) in [6, 6.07) is -0.0315. The van der Waals surface area contributed by atoms with E-state index in [0.29, 0.717) is 26.2 Å². The van der Waals surface area contributed by atoms with Gasteiger partial charge >= 0.3 is 12.0 Å². The fraction of sp³-hybridized carbons (Fsp3) is 0.882. The number of carboxylic acids is 1. The Balaban J connectivity index is 1.76. The van der Waals surface area contributed by atoms with Gasteiger partial charge < -0.3 is 20.1 Å². The van der Waals surface area contributed by atoms with Crippen molar-refractivity contribution in [3.8, 4) is 0 Å². The summed E-state index contributed by atoms with van der Waals surface area (Å²) in [5.41, 5.74) is 0.224. The number of nitrogens with one attached hydrogen (secondary N) is 1. The zero-order valence-electron chi connectivity index (χ0n) is 14.9. The highest BCUT2D eigenvalue weighted by Crippen LogP contribution is 2.34. The number of hydrogen-bond donors (Lipinski definition) is 2. The second-order valence-corrected chi connectivity index (χ2v) is 7.56. The minimum atomic E-state index is -0.858. The van der Waals surface area contributed by atoms with Crippen molar-refractivity contribution in [3.05, 3.63) is 0 Å². The third kappa shape index (κ3) is 5.94. The Kier molecular flexibility index (Phi) is 6.86. The smallest absolute Gasteiger partial charge is 0.317 e. The summed E-state index contributed by atoms with van der Waals surface area (Å²) >= 11 is 0. The van der Waals surface area contributed by atoms with E-state index < -0.39 is 5.97 Å². The zero-order valence-corrected chi connectivity index (χ0v) is 14.9.